The Morgan fingerprint density at radius 3 is 2.83 bits per heavy atom. The maximum absolute atomic E-state index is 11.5. The van der Waals surface area contributed by atoms with Crippen molar-refractivity contribution in [3.05, 3.63) is 41.2 Å². The van der Waals surface area contributed by atoms with Crippen LogP contribution >= 0.6 is 11.5 Å². The summed E-state index contributed by atoms with van der Waals surface area (Å²) in [6, 6.07) is 7.55. The minimum atomic E-state index is 0.0191. The van der Waals surface area contributed by atoms with Crippen LogP contribution in [0.1, 0.15) is 0 Å². The number of hydrogen-bond donors (Lipinski definition) is 0. The van der Waals surface area contributed by atoms with E-state index in [1.807, 2.05) is 24.3 Å². The maximum atomic E-state index is 11.5. The number of aromatic nitrogens is 1. The summed E-state index contributed by atoms with van der Waals surface area (Å²) in [6.07, 6.45) is 1.53. The van der Waals surface area contributed by atoms with Gasteiger partial charge in [0, 0.05) is 6.20 Å². The van der Waals surface area contributed by atoms with Crippen LogP contribution in [0.25, 0.3) is 16.3 Å². The van der Waals surface area contributed by atoms with Crippen LogP contribution in [0.5, 0.6) is 0 Å². The highest BCUT2D eigenvalue weighted by Crippen LogP contribution is 2.15. The standard InChI is InChI=1S/C9H7NOS/c1-2-10-9(11)7-5-3-4-6-8(7)12-10/h2-6H,1H2. The average molecular weight is 177 g/mol. The summed E-state index contributed by atoms with van der Waals surface area (Å²) >= 11 is 1.41. The van der Waals surface area contributed by atoms with Crippen molar-refractivity contribution in [3.8, 4) is 0 Å². The third-order valence-electron chi connectivity index (χ3n) is 1.68. The molecule has 0 unspecified atom stereocenters. The number of fused-ring (bicyclic) bond motifs is 1. The van der Waals surface area contributed by atoms with E-state index in [-0.39, 0.29) is 5.56 Å². The second kappa shape index (κ2) is 2.60. The zero-order valence-corrected chi connectivity index (χ0v) is 7.17. The molecular weight excluding hydrogens is 170 g/mol. The lowest BCUT2D eigenvalue weighted by atomic mass is 10.3. The van der Waals surface area contributed by atoms with Gasteiger partial charge in [-0.3, -0.25) is 4.79 Å². The quantitative estimate of drug-likeness (QED) is 0.654. The van der Waals surface area contributed by atoms with Crippen LogP contribution < -0.4 is 5.56 Å². The fraction of sp³-hybridized carbons (Fsp3) is 0. The van der Waals surface area contributed by atoms with Gasteiger partial charge in [-0.1, -0.05) is 30.2 Å². The number of hydrogen-bond acceptors (Lipinski definition) is 2. The van der Waals surface area contributed by atoms with Gasteiger partial charge in [0.05, 0.1) is 10.1 Å². The van der Waals surface area contributed by atoms with Crippen molar-refractivity contribution in [3.63, 3.8) is 0 Å². The Morgan fingerprint density at radius 2 is 2.17 bits per heavy atom. The Hall–Kier alpha value is -1.35. The van der Waals surface area contributed by atoms with Crippen molar-refractivity contribution in [1.82, 2.24) is 3.96 Å². The molecule has 0 N–H and O–H groups in total. The van der Waals surface area contributed by atoms with Gasteiger partial charge < -0.3 is 0 Å². The zero-order valence-electron chi connectivity index (χ0n) is 6.36. The van der Waals surface area contributed by atoms with Crippen molar-refractivity contribution < 1.29 is 0 Å². The van der Waals surface area contributed by atoms with Gasteiger partial charge in [-0.25, -0.2) is 3.96 Å². The van der Waals surface area contributed by atoms with Crippen LogP contribution in [-0.4, -0.2) is 3.96 Å². The van der Waals surface area contributed by atoms with Gasteiger partial charge in [-0.05, 0) is 12.1 Å². The number of rotatable bonds is 1. The second-order valence-corrected chi connectivity index (χ2v) is 3.42. The Bertz CT molecular complexity index is 480. The van der Waals surface area contributed by atoms with Crippen LogP contribution in [0.15, 0.2) is 35.6 Å². The molecule has 1 aromatic heterocycles. The van der Waals surface area contributed by atoms with Crippen LogP contribution in [0.4, 0.5) is 0 Å². The summed E-state index contributed by atoms with van der Waals surface area (Å²) in [4.78, 5) is 11.5. The first-order valence-corrected chi connectivity index (χ1v) is 4.33. The van der Waals surface area contributed by atoms with Crippen molar-refractivity contribution in [2.75, 3.05) is 0 Å². The van der Waals surface area contributed by atoms with Crippen LogP contribution in [0, 0.1) is 0 Å². The molecule has 12 heavy (non-hydrogen) atoms. The minimum Gasteiger partial charge on any atom is -0.267 e. The van der Waals surface area contributed by atoms with Gasteiger partial charge in [0.1, 0.15) is 0 Å². The van der Waals surface area contributed by atoms with E-state index >= 15 is 0 Å². The third kappa shape index (κ3) is 0.905. The molecular formula is C9H7NOS. The molecule has 60 valence electrons. The number of nitrogens with zero attached hydrogens (tertiary/aromatic N) is 1. The molecule has 0 spiro atoms. The first-order chi connectivity index (χ1) is 5.83. The van der Waals surface area contributed by atoms with Crippen LogP contribution in [0.2, 0.25) is 0 Å². The van der Waals surface area contributed by atoms with Gasteiger partial charge in [0.25, 0.3) is 5.56 Å². The van der Waals surface area contributed by atoms with Crippen molar-refractivity contribution in [1.29, 1.82) is 0 Å². The normalized spacial score (nSPS) is 10.3. The molecule has 0 saturated carbocycles. The van der Waals surface area contributed by atoms with Crippen LogP contribution in [-0.2, 0) is 0 Å². The molecule has 1 aromatic carbocycles. The van der Waals surface area contributed by atoms with E-state index < -0.39 is 0 Å². The van der Waals surface area contributed by atoms with E-state index in [1.165, 1.54) is 21.7 Å². The van der Waals surface area contributed by atoms with Crippen molar-refractivity contribution in [2.45, 2.75) is 0 Å². The molecule has 0 aliphatic carbocycles. The Balaban J connectivity index is 2.97. The molecule has 0 saturated heterocycles. The predicted molar refractivity (Wildman–Crippen MR) is 52.5 cm³/mol. The molecule has 0 radical (unpaired) electrons. The fourth-order valence-corrected chi connectivity index (χ4v) is 1.97. The van der Waals surface area contributed by atoms with Crippen LogP contribution in [0.3, 0.4) is 0 Å². The summed E-state index contributed by atoms with van der Waals surface area (Å²) in [6.45, 7) is 3.56. The van der Waals surface area contributed by atoms with Gasteiger partial charge >= 0.3 is 0 Å². The molecule has 0 aliphatic rings. The first-order valence-electron chi connectivity index (χ1n) is 3.56. The van der Waals surface area contributed by atoms with E-state index in [0.29, 0.717) is 0 Å². The minimum absolute atomic E-state index is 0.0191. The summed E-state index contributed by atoms with van der Waals surface area (Å²) in [5.41, 5.74) is 0.0191. The molecule has 2 nitrogen and oxygen atoms in total. The Morgan fingerprint density at radius 1 is 1.42 bits per heavy atom. The molecule has 0 amide bonds. The summed E-state index contributed by atoms with van der Waals surface area (Å²) < 4.78 is 2.53. The Kier molecular flexibility index (Phi) is 1.59. The SMILES string of the molecule is C=Cn1sc2ccccc2c1=O. The smallest absolute Gasteiger partial charge is 0.267 e. The highest BCUT2D eigenvalue weighted by molar-refractivity contribution is 7.14. The molecule has 2 aromatic rings. The molecule has 0 bridgehead atoms. The summed E-state index contributed by atoms with van der Waals surface area (Å²) in [5.74, 6) is 0. The van der Waals surface area contributed by atoms with E-state index in [4.69, 9.17) is 0 Å². The van der Waals surface area contributed by atoms with Gasteiger partial charge in [0.15, 0.2) is 0 Å². The van der Waals surface area contributed by atoms with E-state index in [2.05, 4.69) is 6.58 Å². The first kappa shape index (κ1) is 7.31. The molecule has 3 heteroatoms. The summed E-state index contributed by atoms with van der Waals surface area (Å²) in [7, 11) is 0. The second-order valence-electron chi connectivity index (χ2n) is 2.40. The molecule has 1 heterocycles. The third-order valence-corrected chi connectivity index (χ3v) is 2.74. The largest absolute Gasteiger partial charge is 0.272 e. The highest BCUT2D eigenvalue weighted by Gasteiger charge is 2.02. The van der Waals surface area contributed by atoms with Gasteiger partial charge in [0.2, 0.25) is 0 Å². The Labute approximate surface area is 73.5 Å². The zero-order chi connectivity index (χ0) is 8.55. The average Bonchev–Trinajstić information content (AvgIpc) is 2.44. The fourth-order valence-electron chi connectivity index (χ4n) is 1.11. The van der Waals surface area contributed by atoms with Crippen molar-refractivity contribution in [2.24, 2.45) is 0 Å². The topological polar surface area (TPSA) is 22.0 Å². The van der Waals surface area contributed by atoms with E-state index in [9.17, 15) is 4.79 Å². The molecule has 2 rings (SSSR count). The highest BCUT2D eigenvalue weighted by atomic mass is 32.1. The lowest BCUT2D eigenvalue weighted by Crippen LogP contribution is -2.05. The summed E-state index contributed by atoms with van der Waals surface area (Å²) in [5, 5.41) is 0.766. The molecule has 0 fully saturated rings. The maximum Gasteiger partial charge on any atom is 0.272 e. The lowest BCUT2D eigenvalue weighted by Gasteiger charge is -1.81. The molecule has 0 aliphatic heterocycles. The predicted octanol–water partition coefficient (Wildman–Crippen LogP) is 2.16. The van der Waals surface area contributed by atoms with Gasteiger partial charge in [-0.15, -0.1) is 0 Å². The molecule has 0 atom stereocenters. The van der Waals surface area contributed by atoms with Crippen molar-refractivity contribution >= 4 is 27.8 Å². The monoisotopic (exact) mass is 177 g/mol. The van der Waals surface area contributed by atoms with Gasteiger partial charge in [-0.2, -0.15) is 0 Å². The van der Waals surface area contributed by atoms with E-state index in [1.54, 1.807) is 0 Å². The lowest BCUT2D eigenvalue weighted by molar-refractivity contribution is 1.25. The number of benzene rings is 1. The van der Waals surface area contributed by atoms with E-state index in [0.717, 1.165) is 10.1 Å².